The number of anilines is 1. The topological polar surface area (TPSA) is 84.8 Å². The summed E-state index contributed by atoms with van der Waals surface area (Å²) in [6.07, 6.45) is 2.74. The number of pyridine rings is 1. The van der Waals surface area contributed by atoms with Crippen LogP contribution in [0.1, 0.15) is 32.2 Å². The Morgan fingerprint density at radius 1 is 1.23 bits per heavy atom. The van der Waals surface area contributed by atoms with E-state index in [0.29, 0.717) is 11.4 Å². The van der Waals surface area contributed by atoms with E-state index in [1.54, 1.807) is 6.92 Å². The van der Waals surface area contributed by atoms with Gasteiger partial charge in [-0.05, 0) is 24.6 Å². The number of rotatable bonds is 3. The van der Waals surface area contributed by atoms with Crippen LogP contribution < -0.4 is 4.72 Å². The number of nitrogens with one attached hydrogen (secondary N) is 1. The number of hydrogen-bond acceptors (Lipinski definition) is 5. The van der Waals surface area contributed by atoms with Gasteiger partial charge in [-0.2, -0.15) is 0 Å². The Labute approximate surface area is 135 Å². The summed E-state index contributed by atoms with van der Waals surface area (Å²) in [6.45, 7) is 7.55. The van der Waals surface area contributed by atoms with Crippen LogP contribution in [0.2, 0.25) is 5.15 Å². The van der Waals surface area contributed by atoms with E-state index < -0.39 is 10.0 Å². The molecule has 0 bridgehead atoms. The minimum Gasteiger partial charge on any atom is -0.263 e. The Hall–Kier alpha value is -1.73. The van der Waals surface area contributed by atoms with E-state index in [9.17, 15) is 8.42 Å². The van der Waals surface area contributed by atoms with Crippen LogP contribution in [0.4, 0.5) is 5.82 Å². The van der Waals surface area contributed by atoms with Gasteiger partial charge in [0.05, 0.1) is 0 Å². The molecule has 6 nitrogen and oxygen atoms in total. The van der Waals surface area contributed by atoms with Crippen LogP contribution in [0.25, 0.3) is 0 Å². The third-order valence-corrected chi connectivity index (χ3v) is 4.58. The van der Waals surface area contributed by atoms with Crippen LogP contribution >= 0.6 is 11.6 Å². The fourth-order valence-corrected chi connectivity index (χ4v) is 2.79. The summed E-state index contributed by atoms with van der Waals surface area (Å²) >= 11 is 5.81. The average molecular weight is 341 g/mol. The summed E-state index contributed by atoms with van der Waals surface area (Å²) in [7, 11) is -3.78. The van der Waals surface area contributed by atoms with Crippen LogP contribution in [0, 0.1) is 6.92 Å². The third kappa shape index (κ3) is 3.72. The summed E-state index contributed by atoms with van der Waals surface area (Å²) < 4.78 is 27.2. The first-order chi connectivity index (χ1) is 10.1. The largest absolute Gasteiger partial charge is 0.264 e. The fourth-order valence-electron chi connectivity index (χ4n) is 1.65. The summed E-state index contributed by atoms with van der Waals surface area (Å²) in [5.74, 6) is 0.769. The van der Waals surface area contributed by atoms with E-state index in [4.69, 9.17) is 11.6 Å². The van der Waals surface area contributed by atoms with Crippen LogP contribution in [-0.4, -0.2) is 23.4 Å². The molecule has 0 fully saturated rings. The summed E-state index contributed by atoms with van der Waals surface area (Å²) in [6, 6.07) is 2.96. The monoisotopic (exact) mass is 340 g/mol. The van der Waals surface area contributed by atoms with Gasteiger partial charge in [-0.3, -0.25) is 4.72 Å². The second-order valence-corrected chi connectivity index (χ2v) is 7.94. The van der Waals surface area contributed by atoms with Crippen molar-refractivity contribution in [3.05, 3.63) is 41.1 Å². The molecule has 118 valence electrons. The van der Waals surface area contributed by atoms with Crippen molar-refractivity contribution in [3.63, 3.8) is 0 Å². The lowest BCUT2D eigenvalue weighted by atomic mass is 9.96. The highest BCUT2D eigenvalue weighted by atomic mass is 35.5. The van der Waals surface area contributed by atoms with Crippen molar-refractivity contribution < 1.29 is 8.42 Å². The number of aromatic nitrogens is 3. The predicted octanol–water partition coefficient (Wildman–Crippen LogP) is 2.93. The van der Waals surface area contributed by atoms with Gasteiger partial charge in [0, 0.05) is 17.8 Å². The molecule has 22 heavy (non-hydrogen) atoms. The Bertz CT molecular complexity index is 801. The lowest BCUT2D eigenvalue weighted by Gasteiger charge is -2.17. The third-order valence-electron chi connectivity index (χ3n) is 2.86. The van der Waals surface area contributed by atoms with Gasteiger partial charge >= 0.3 is 0 Å². The zero-order chi connectivity index (χ0) is 16.5. The summed E-state index contributed by atoms with van der Waals surface area (Å²) in [5, 5.41) is 0.274. The maximum absolute atomic E-state index is 12.4. The molecule has 0 saturated carbocycles. The number of hydrogen-bond donors (Lipinski definition) is 1. The maximum atomic E-state index is 12.4. The molecule has 2 rings (SSSR count). The van der Waals surface area contributed by atoms with Crippen LogP contribution in [0.3, 0.4) is 0 Å². The minimum absolute atomic E-state index is 0.0327. The van der Waals surface area contributed by atoms with Crippen LogP contribution in [0.5, 0.6) is 0 Å². The van der Waals surface area contributed by atoms with Gasteiger partial charge in [-0.15, -0.1) is 0 Å². The first-order valence-corrected chi connectivity index (χ1v) is 8.44. The predicted molar refractivity (Wildman–Crippen MR) is 85.5 cm³/mol. The summed E-state index contributed by atoms with van der Waals surface area (Å²) in [5.41, 5.74) is 0.308. The van der Waals surface area contributed by atoms with E-state index in [0.717, 1.165) is 0 Å². The van der Waals surface area contributed by atoms with Crippen LogP contribution in [0.15, 0.2) is 29.4 Å². The highest BCUT2D eigenvalue weighted by molar-refractivity contribution is 7.92. The minimum atomic E-state index is -3.78. The lowest BCUT2D eigenvalue weighted by molar-refractivity contribution is 0.546. The van der Waals surface area contributed by atoms with E-state index in [-0.39, 0.29) is 21.3 Å². The molecule has 0 saturated heterocycles. The lowest BCUT2D eigenvalue weighted by Crippen LogP contribution is -2.19. The molecule has 0 aliphatic carbocycles. The number of aryl methyl sites for hydroxylation is 1. The van der Waals surface area contributed by atoms with Gasteiger partial charge in [0.25, 0.3) is 10.0 Å². The van der Waals surface area contributed by atoms with Crippen molar-refractivity contribution in [2.45, 2.75) is 38.0 Å². The van der Waals surface area contributed by atoms with Gasteiger partial charge in [-0.25, -0.2) is 23.4 Å². The SMILES string of the molecule is Cc1cc(S(=O)(=O)Nc2ccnc(C(C)(C)C)n2)cnc1Cl. The summed E-state index contributed by atoms with van der Waals surface area (Å²) in [4.78, 5) is 12.3. The molecule has 2 heterocycles. The van der Waals surface area contributed by atoms with E-state index in [2.05, 4.69) is 19.7 Å². The molecule has 1 N–H and O–H groups in total. The van der Waals surface area contributed by atoms with Gasteiger partial charge in [0.15, 0.2) is 0 Å². The standard InChI is InChI=1S/C14H17ClN4O2S/c1-9-7-10(8-17-12(9)15)22(20,21)19-11-5-6-16-13(18-11)14(2,3)4/h5-8H,1-4H3,(H,16,18,19). The van der Waals surface area contributed by atoms with Gasteiger partial charge in [0.1, 0.15) is 21.7 Å². The Kier molecular flexibility index (Phi) is 4.39. The first-order valence-electron chi connectivity index (χ1n) is 6.58. The molecule has 0 aromatic carbocycles. The van der Waals surface area contributed by atoms with E-state index in [1.807, 2.05) is 20.8 Å². The van der Waals surface area contributed by atoms with Crippen molar-refractivity contribution in [1.29, 1.82) is 0 Å². The number of nitrogens with zero attached hydrogens (tertiary/aromatic N) is 3. The smallest absolute Gasteiger partial charge is 0.263 e. The molecular formula is C14H17ClN4O2S. The number of sulfonamides is 1. The second-order valence-electron chi connectivity index (χ2n) is 5.90. The molecule has 8 heteroatoms. The molecule has 0 aliphatic rings. The number of halogens is 1. The van der Waals surface area contributed by atoms with Crippen molar-refractivity contribution in [2.75, 3.05) is 4.72 Å². The van der Waals surface area contributed by atoms with Crippen LogP contribution in [-0.2, 0) is 15.4 Å². The highest BCUT2D eigenvalue weighted by Gasteiger charge is 2.20. The fraction of sp³-hybridized carbons (Fsp3) is 0.357. The molecule has 0 radical (unpaired) electrons. The van der Waals surface area contributed by atoms with Gasteiger partial charge in [-0.1, -0.05) is 32.4 Å². The molecule has 0 unspecified atom stereocenters. The Morgan fingerprint density at radius 2 is 1.91 bits per heavy atom. The molecular weight excluding hydrogens is 324 g/mol. The molecule has 0 atom stereocenters. The van der Waals surface area contributed by atoms with Gasteiger partial charge < -0.3 is 0 Å². The quantitative estimate of drug-likeness (QED) is 0.868. The highest BCUT2D eigenvalue weighted by Crippen LogP contribution is 2.21. The molecule has 2 aromatic heterocycles. The molecule has 0 spiro atoms. The Balaban J connectivity index is 2.35. The normalized spacial score (nSPS) is 12.2. The van der Waals surface area contributed by atoms with Crippen molar-refractivity contribution in [1.82, 2.24) is 15.0 Å². The zero-order valence-corrected chi connectivity index (χ0v) is 14.3. The second kappa shape index (κ2) is 5.81. The van der Waals surface area contributed by atoms with Crippen molar-refractivity contribution in [3.8, 4) is 0 Å². The Morgan fingerprint density at radius 3 is 2.50 bits per heavy atom. The van der Waals surface area contributed by atoms with Crippen molar-refractivity contribution >= 4 is 27.4 Å². The van der Waals surface area contributed by atoms with E-state index in [1.165, 1.54) is 24.5 Å². The van der Waals surface area contributed by atoms with Crippen molar-refractivity contribution in [2.24, 2.45) is 0 Å². The average Bonchev–Trinajstić information content (AvgIpc) is 2.40. The first kappa shape index (κ1) is 16.6. The maximum Gasteiger partial charge on any atom is 0.264 e. The molecule has 0 amide bonds. The molecule has 0 aliphatic heterocycles. The zero-order valence-electron chi connectivity index (χ0n) is 12.8. The molecule has 2 aromatic rings. The van der Waals surface area contributed by atoms with Gasteiger partial charge in [0.2, 0.25) is 0 Å². The van der Waals surface area contributed by atoms with E-state index >= 15 is 0 Å².